The van der Waals surface area contributed by atoms with Crippen molar-refractivity contribution in [2.75, 3.05) is 0 Å². The number of hydrogen-bond donors (Lipinski definition) is 1. The predicted octanol–water partition coefficient (Wildman–Crippen LogP) is 2.39. The molecule has 0 aromatic heterocycles. The van der Waals surface area contributed by atoms with Crippen LogP contribution in [0.25, 0.3) is 0 Å². The molecule has 13 heavy (non-hydrogen) atoms. The highest BCUT2D eigenvalue weighted by Gasteiger charge is 2.19. The molecule has 0 unspecified atom stereocenters. The summed E-state index contributed by atoms with van der Waals surface area (Å²) in [5.41, 5.74) is -0.0762. The van der Waals surface area contributed by atoms with Gasteiger partial charge in [-0.2, -0.15) is 0 Å². The van der Waals surface area contributed by atoms with Gasteiger partial charge in [-0.15, -0.1) is 0 Å². The molecule has 0 aliphatic carbocycles. The van der Waals surface area contributed by atoms with Crippen molar-refractivity contribution in [3.63, 3.8) is 0 Å². The molecule has 1 N–H and O–H groups in total. The molecule has 1 aromatic carbocycles. The first-order chi connectivity index (χ1) is 6.07. The highest BCUT2D eigenvalue weighted by molar-refractivity contribution is 6.38. The Morgan fingerprint density at radius 1 is 1.46 bits per heavy atom. The van der Waals surface area contributed by atoms with E-state index in [0.717, 1.165) is 0 Å². The topological polar surface area (TPSA) is 63.4 Å². The summed E-state index contributed by atoms with van der Waals surface area (Å²) in [6.07, 6.45) is 0. The first-order valence-corrected chi connectivity index (χ1v) is 4.05. The van der Waals surface area contributed by atoms with Gasteiger partial charge in [-0.1, -0.05) is 29.3 Å². The van der Waals surface area contributed by atoms with Gasteiger partial charge in [0, 0.05) is 5.56 Å². The van der Waals surface area contributed by atoms with Gasteiger partial charge in [0.15, 0.2) is 0 Å². The molecule has 0 aliphatic heterocycles. The minimum atomic E-state index is -0.677. The maximum atomic E-state index is 10.5. The van der Waals surface area contributed by atoms with Crippen LogP contribution in [0.5, 0.6) is 0 Å². The second kappa shape index (κ2) is 3.91. The van der Waals surface area contributed by atoms with Gasteiger partial charge >= 0.3 is 5.69 Å². The van der Waals surface area contributed by atoms with Gasteiger partial charge in [0.05, 0.1) is 11.5 Å². The van der Waals surface area contributed by atoms with E-state index in [-0.39, 0.29) is 27.9 Å². The van der Waals surface area contributed by atoms with E-state index in [1.165, 1.54) is 12.1 Å². The van der Waals surface area contributed by atoms with Crippen molar-refractivity contribution in [2.45, 2.75) is 6.61 Å². The minimum Gasteiger partial charge on any atom is -0.392 e. The standard InChI is InChI=1S/C7H5Cl2NO3/c8-5-2-1-4(3-11)6(9)7(5)10(12)13/h1-2,11H,3H2. The second-order valence-corrected chi connectivity index (χ2v) is 3.07. The summed E-state index contributed by atoms with van der Waals surface area (Å²) < 4.78 is 0. The van der Waals surface area contributed by atoms with Gasteiger partial charge in [-0.3, -0.25) is 10.1 Å². The third kappa shape index (κ3) is 1.91. The summed E-state index contributed by atoms with van der Waals surface area (Å²) in [6, 6.07) is 2.77. The molecule has 70 valence electrons. The molecule has 1 aromatic rings. The number of hydrogen-bond acceptors (Lipinski definition) is 3. The Balaban J connectivity index is 3.38. The second-order valence-electron chi connectivity index (χ2n) is 2.28. The SMILES string of the molecule is O=[N+]([O-])c1c(Cl)ccc(CO)c1Cl. The number of halogens is 2. The third-order valence-electron chi connectivity index (χ3n) is 1.50. The number of rotatable bonds is 2. The van der Waals surface area contributed by atoms with E-state index in [1.54, 1.807) is 0 Å². The zero-order valence-electron chi connectivity index (χ0n) is 6.33. The Kier molecular flexibility index (Phi) is 3.08. The Morgan fingerprint density at radius 3 is 2.54 bits per heavy atom. The van der Waals surface area contributed by atoms with Crippen LogP contribution in [-0.4, -0.2) is 10.0 Å². The zero-order chi connectivity index (χ0) is 10.0. The lowest BCUT2D eigenvalue weighted by molar-refractivity contribution is -0.384. The summed E-state index contributed by atoms with van der Waals surface area (Å²) in [5.74, 6) is 0. The van der Waals surface area contributed by atoms with E-state index in [2.05, 4.69) is 0 Å². The van der Waals surface area contributed by atoms with Crippen LogP contribution in [0.15, 0.2) is 12.1 Å². The van der Waals surface area contributed by atoms with Crippen LogP contribution in [-0.2, 0) is 6.61 Å². The third-order valence-corrected chi connectivity index (χ3v) is 2.23. The van der Waals surface area contributed by atoms with Crippen LogP contribution in [0.3, 0.4) is 0 Å². The fraction of sp³-hybridized carbons (Fsp3) is 0.143. The molecule has 0 atom stereocenters. The monoisotopic (exact) mass is 221 g/mol. The van der Waals surface area contributed by atoms with Gasteiger partial charge in [0.25, 0.3) is 0 Å². The van der Waals surface area contributed by atoms with Crippen LogP contribution in [0, 0.1) is 10.1 Å². The normalized spacial score (nSPS) is 10.1. The van der Waals surface area contributed by atoms with Crippen LogP contribution >= 0.6 is 23.2 Å². The summed E-state index contributed by atoms with van der Waals surface area (Å²) in [7, 11) is 0. The molecule has 6 heteroatoms. The molecular formula is C7H5Cl2NO3. The van der Waals surface area contributed by atoms with E-state index in [4.69, 9.17) is 28.3 Å². The van der Waals surface area contributed by atoms with Gasteiger partial charge in [-0.25, -0.2) is 0 Å². The molecule has 0 amide bonds. The van der Waals surface area contributed by atoms with Crippen LogP contribution in [0.2, 0.25) is 10.0 Å². The molecule has 0 radical (unpaired) electrons. The average Bonchev–Trinajstić information content (AvgIpc) is 2.04. The highest BCUT2D eigenvalue weighted by Crippen LogP contribution is 2.34. The summed E-state index contributed by atoms with van der Waals surface area (Å²) in [6.45, 7) is -0.350. The molecule has 1 rings (SSSR count). The van der Waals surface area contributed by atoms with Crippen molar-refractivity contribution < 1.29 is 10.0 Å². The van der Waals surface area contributed by atoms with Crippen LogP contribution in [0.4, 0.5) is 5.69 Å². The minimum absolute atomic E-state index is 0.0350. The number of aliphatic hydroxyl groups is 1. The lowest BCUT2D eigenvalue weighted by Crippen LogP contribution is -1.94. The molecule has 0 saturated carbocycles. The fourth-order valence-electron chi connectivity index (χ4n) is 0.872. The molecule has 4 nitrogen and oxygen atoms in total. The Morgan fingerprint density at radius 2 is 2.08 bits per heavy atom. The largest absolute Gasteiger partial charge is 0.392 e. The summed E-state index contributed by atoms with van der Waals surface area (Å²) in [5, 5.41) is 19.1. The van der Waals surface area contributed by atoms with Crippen molar-refractivity contribution in [1.29, 1.82) is 0 Å². The predicted molar refractivity (Wildman–Crippen MR) is 49.0 cm³/mol. The molecule has 0 heterocycles. The lowest BCUT2D eigenvalue weighted by Gasteiger charge is -2.02. The van der Waals surface area contributed by atoms with Crippen LogP contribution in [0.1, 0.15) is 5.56 Å². The Bertz CT molecular complexity index is 354. The van der Waals surface area contributed by atoms with E-state index in [9.17, 15) is 10.1 Å². The number of nitro benzene ring substituents is 1. The maximum Gasteiger partial charge on any atom is 0.306 e. The number of nitro groups is 1. The Labute approximate surface area is 83.9 Å². The molecule has 0 bridgehead atoms. The molecular weight excluding hydrogens is 217 g/mol. The van der Waals surface area contributed by atoms with Gasteiger partial charge in [0.2, 0.25) is 0 Å². The zero-order valence-corrected chi connectivity index (χ0v) is 7.84. The smallest absolute Gasteiger partial charge is 0.306 e. The van der Waals surface area contributed by atoms with E-state index in [0.29, 0.717) is 0 Å². The lowest BCUT2D eigenvalue weighted by atomic mass is 10.2. The number of benzene rings is 1. The quantitative estimate of drug-likeness (QED) is 0.617. The van der Waals surface area contributed by atoms with Crippen molar-refractivity contribution in [3.05, 3.63) is 37.9 Å². The molecule has 0 spiro atoms. The Hall–Kier alpha value is -0.840. The molecule has 0 aliphatic rings. The number of aliphatic hydroxyl groups excluding tert-OH is 1. The van der Waals surface area contributed by atoms with E-state index >= 15 is 0 Å². The maximum absolute atomic E-state index is 10.5. The highest BCUT2D eigenvalue weighted by atomic mass is 35.5. The van der Waals surface area contributed by atoms with Crippen LogP contribution < -0.4 is 0 Å². The number of nitrogens with zero attached hydrogens (tertiary/aromatic N) is 1. The molecule has 0 saturated heterocycles. The van der Waals surface area contributed by atoms with Gasteiger partial charge in [0.1, 0.15) is 10.0 Å². The van der Waals surface area contributed by atoms with Crippen molar-refractivity contribution in [1.82, 2.24) is 0 Å². The summed E-state index contributed by atoms with van der Waals surface area (Å²) >= 11 is 11.2. The average molecular weight is 222 g/mol. The summed E-state index contributed by atoms with van der Waals surface area (Å²) in [4.78, 5) is 9.79. The van der Waals surface area contributed by atoms with Crippen molar-refractivity contribution >= 4 is 28.9 Å². The molecule has 0 fully saturated rings. The van der Waals surface area contributed by atoms with Crippen molar-refractivity contribution in [2.24, 2.45) is 0 Å². The first kappa shape index (κ1) is 10.2. The van der Waals surface area contributed by atoms with E-state index in [1.807, 2.05) is 0 Å². The first-order valence-electron chi connectivity index (χ1n) is 3.30. The van der Waals surface area contributed by atoms with Gasteiger partial charge < -0.3 is 5.11 Å². The fourth-order valence-corrected chi connectivity index (χ4v) is 1.44. The van der Waals surface area contributed by atoms with E-state index < -0.39 is 4.92 Å². The van der Waals surface area contributed by atoms with Gasteiger partial charge in [-0.05, 0) is 6.07 Å². The van der Waals surface area contributed by atoms with Crippen molar-refractivity contribution in [3.8, 4) is 0 Å².